The van der Waals surface area contributed by atoms with Crippen molar-refractivity contribution in [3.05, 3.63) is 69.0 Å². The molecule has 1 saturated heterocycles. The molecule has 0 saturated carbocycles. The van der Waals surface area contributed by atoms with Crippen LogP contribution in [-0.2, 0) is 17.8 Å². The number of benzene rings is 1. The van der Waals surface area contributed by atoms with Gasteiger partial charge in [0.05, 0.1) is 12.1 Å². The summed E-state index contributed by atoms with van der Waals surface area (Å²) in [5.41, 5.74) is 5.27. The fourth-order valence-electron chi connectivity index (χ4n) is 4.24. The van der Waals surface area contributed by atoms with Crippen molar-refractivity contribution in [2.45, 2.75) is 40.7 Å². The summed E-state index contributed by atoms with van der Waals surface area (Å²) in [6.07, 6.45) is 0.298. The fraction of sp³-hybridized carbons (Fsp3) is 0.417. The number of hydrogen-bond acceptors (Lipinski definition) is 5. The third-order valence-corrected chi connectivity index (χ3v) is 6.42. The summed E-state index contributed by atoms with van der Waals surface area (Å²) in [6, 6.07) is 6.40. The topological polar surface area (TPSA) is 67.2 Å². The molecule has 0 N–H and O–H groups in total. The van der Waals surface area contributed by atoms with E-state index in [0.29, 0.717) is 37.0 Å². The standard InChI is InChI=1S/C24H28ClFN6O/c1-15-11-16(2)28-24(27-15)32-18(4)21(17(3)29-32)13-23(33)31-9-7-30(8-10-31)14-19-5-6-20(26)12-22(19)25/h5-6,11-12H,7-10,13-14H2,1-4H3. The average molecular weight is 471 g/mol. The molecule has 4 rings (SSSR count). The zero-order valence-electron chi connectivity index (χ0n) is 19.4. The van der Waals surface area contributed by atoms with E-state index < -0.39 is 0 Å². The lowest BCUT2D eigenvalue weighted by molar-refractivity contribution is -0.132. The van der Waals surface area contributed by atoms with E-state index in [0.717, 1.165) is 47.0 Å². The second kappa shape index (κ2) is 9.57. The van der Waals surface area contributed by atoms with Crippen molar-refractivity contribution < 1.29 is 9.18 Å². The summed E-state index contributed by atoms with van der Waals surface area (Å²) < 4.78 is 15.0. The van der Waals surface area contributed by atoms with Crippen LogP contribution in [0.3, 0.4) is 0 Å². The lowest BCUT2D eigenvalue weighted by atomic mass is 10.1. The third-order valence-electron chi connectivity index (χ3n) is 6.06. The van der Waals surface area contributed by atoms with E-state index in [1.54, 1.807) is 10.7 Å². The van der Waals surface area contributed by atoms with Gasteiger partial charge in [0.25, 0.3) is 5.95 Å². The second-order valence-electron chi connectivity index (χ2n) is 8.58. The number of amides is 1. The van der Waals surface area contributed by atoms with Gasteiger partial charge in [-0.3, -0.25) is 9.69 Å². The minimum Gasteiger partial charge on any atom is -0.340 e. The highest BCUT2D eigenvalue weighted by Crippen LogP contribution is 2.21. The molecule has 1 aliphatic heterocycles. The van der Waals surface area contributed by atoms with Crippen molar-refractivity contribution in [2.24, 2.45) is 0 Å². The van der Waals surface area contributed by atoms with Gasteiger partial charge in [0.2, 0.25) is 5.91 Å². The molecule has 174 valence electrons. The van der Waals surface area contributed by atoms with Crippen molar-refractivity contribution in [3.8, 4) is 5.95 Å². The van der Waals surface area contributed by atoms with Crippen molar-refractivity contribution in [1.82, 2.24) is 29.5 Å². The molecule has 1 fully saturated rings. The average Bonchev–Trinajstić information content (AvgIpc) is 3.04. The molecule has 0 aliphatic carbocycles. The molecule has 0 atom stereocenters. The Kier molecular flexibility index (Phi) is 6.76. The molecule has 1 amide bonds. The van der Waals surface area contributed by atoms with Crippen LogP contribution >= 0.6 is 11.6 Å². The van der Waals surface area contributed by atoms with Gasteiger partial charge in [0.1, 0.15) is 5.82 Å². The molecule has 0 spiro atoms. The van der Waals surface area contributed by atoms with Crippen LogP contribution in [0.1, 0.15) is 33.9 Å². The highest BCUT2D eigenvalue weighted by Gasteiger charge is 2.24. The summed E-state index contributed by atoms with van der Waals surface area (Å²) in [6.45, 7) is 11.1. The molecular weight excluding hydrogens is 443 g/mol. The van der Waals surface area contributed by atoms with Gasteiger partial charge >= 0.3 is 0 Å². The monoisotopic (exact) mass is 470 g/mol. The largest absolute Gasteiger partial charge is 0.340 e. The number of nitrogens with zero attached hydrogens (tertiary/aromatic N) is 6. The molecule has 3 heterocycles. The number of carbonyl (C=O) groups excluding carboxylic acids is 1. The Labute approximate surface area is 198 Å². The van der Waals surface area contributed by atoms with Crippen LogP contribution in [-0.4, -0.2) is 61.6 Å². The number of piperazine rings is 1. The maximum absolute atomic E-state index is 13.3. The Balaban J connectivity index is 1.40. The van der Waals surface area contributed by atoms with Gasteiger partial charge in [-0.25, -0.2) is 19.0 Å². The molecule has 0 bridgehead atoms. The maximum Gasteiger partial charge on any atom is 0.251 e. The first-order chi connectivity index (χ1) is 15.7. The summed E-state index contributed by atoms with van der Waals surface area (Å²) in [4.78, 5) is 26.2. The van der Waals surface area contributed by atoms with Gasteiger partial charge in [-0.2, -0.15) is 5.10 Å². The van der Waals surface area contributed by atoms with E-state index in [-0.39, 0.29) is 11.7 Å². The quantitative estimate of drug-likeness (QED) is 0.570. The Morgan fingerprint density at radius 2 is 1.70 bits per heavy atom. The SMILES string of the molecule is Cc1cc(C)nc(-n2nc(C)c(CC(=O)N3CCN(Cc4ccc(F)cc4Cl)CC3)c2C)n1. The Bertz CT molecular complexity index is 1170. The van der Waals surface area contributed by atoms with E-state index in [4.69, 9.17) is 11.6 Å². The van der Waals surface area contributed by atoms with Crippen LogP contribution in [0.2, 0.25) is 5.02 Å². The highest BCUT2D eigenvalue weighted by molar-refractivity contribution is 6.31. The summed E-state index contributed by atoms with van der Waals surface area (Å²) >= 11 is 6.16. The summed E-state index contributed by atoms with van der Waals surface area (Å²) in [7, 11) is 0. The molecule has 9 heteroatoms. The molecule has 1 aromatic carbocycles. The van der Waals surface area contributed by atoms with E-state index in [1.807, 2.05) is 38.7 Å². The van der Waals surface area contributed by atoms with Crippen LogP contribution in [0.15, 0.2) is 24.3 Å². The van der Waals surface area contributed by atoms with Crippen molar-refractivity contribution in [1.29, 1.82) is 0 Å². The number of aryl methyl sites for hydroxylation is 3. The number of carbonyl (C=O) groups is 1. The fourth-order valence-corrected chi connectivity index (χ4v) is 4.46. The predicted octanol–water partition coefficient (Wildman–Crippen LogP) is 3.58. The molecule has 7 nitrogen and oxygen atoms in total. The number of hydrogen-bond donors (Lipinski definition) is 0. The molecule has 33 heavy (non-hydrogen) atoms. The van der Waals surface area contributed by atoms with Crippen LogP contribution in [0.5, 0.6) is 0 Å². The first-order valence-corrected chi connectivity index (χ1v) is 11.4. The van der Waals surface area contributed by atoms with Crippen LogP contribution in [0.25, 0.3) is 5.95 Å². The number of rotatable bonds is 5. The van der Waals surface area contributed by atoms with Crippen molar-refractivity contribution in [3.63, 3.8) is 0 Å². The number of halogens is 2. The second-order valence-corrected chi connectivity index (χ2v) is 8.99. The van der Waals surface area contributed by atoms with Gasteiger partial charge in [-0.15, -0.1) is 0 Å². The zero-order valence-corrected chi connectivity index (χ0v) is 20.2. The molecule has 2 aromatic heterocycles. The van der Waals surface area contributed by atoms with Gasteiger partial charge in [-0.1, -0.05) is 17.7 Å². The lowest BCUT2D eigenvalue weighted by Crippen LogP contribution is -2.48. The molecule has 3 aromatic rings. The van der Waals surface area contributed by atoms with Gasteiger partial charge < -0.3 is 4.90 Å². The van der Waals surface area contributed by atoms with Crippen LogP contribution < -0.4 is 0 Å². The minimum absolute atomic E-state index is 0.0848. The van der Waals surface area contributed by atoms with E-state index in [1.165, 1.54) is 12.1 Å². The van der Waals surface area contributed by atoms with E-state index in [2.05, 4.69) is 20.0 Å². The first kappa shape index (κ1) is 23.3. The summed E-state index contributed by atoms with van der Waals surface area (Å²) in [5, 5.41) is 5.04. The van der Waals surface area contributed by atoms with Crippen molar-refractivity contribution in [2.75, 3.05) is 26.2 Å². The Morgan fingerprint density at radius 3 is 2.33 bits per heavy atom. The summed E-state index contributed by atoms with van der Waals surface area (Å²) in [5.74, 6) is 0.276. The number of aromatic nitrogens is 4. The van der Waals surface area contributed by atoms with E-state index in [9.17, 15) is 9.18 Å². The smallest absolute Gasteiger partial charge is 0.251 e. The Morgan fingerprint density at radius 1 is 1.03 bits per heavy atom. The Hall–Kier alpha value is -2.84. The molecule has 0 radical (unpaired) electrons. The van der Waals surface area contributed by atoms with Gasteiger partial charge in [-0.05, 0) is 51.5 Å². The third kappa shape index (κ3) is 5.23. The van der Waals surface area contributed by atoms with Crippen LogP contribution in [0.4, 0.5) is 4.39 Å². The first-order valence-electron chi connectivity index (χ1n) is 11.0. The van der Waals surface area contributed by atoms with Gasteiger partial charge in [0, 0.05) is 60.4 Å². The van der Waals surface area contributed by atoms with E-state index >= 15 is 0 Å². The normalized spacial score (nSPS) is 14.7. The molecule has 0 unspecified atom stereocenters. The molecule has 1 aliphatic rings. The van der Waals surface area contributed by atoms with Gasteiger partial charge in [0.15, 0.2) is 0 Å². The maximum atomic E-state index is 13.3. The van der Waals surface area contributed by atoms with Crippen molar-refractivity contribution >= 4 is 17.5 Å². The minimum atomic E-state index is -0.336. The highest BCUT2D eigenvalue weighted by atomic mass is 35.5. The predicted molar refractivity (Wildman–Crippen MR) is 125 cm³/mol. The lowest BCUT2D eigenvalue weighted by Gasteiger charge is -2.35. The van der Waals surface area contributed by atoms with Crippen LogP contribution in [0, 0.1) is 33.5 Å². The molecular formula is C24H28ClFN6O. The zero-order chi connectivity index (χ0) is 23.7.